The first-order valence-corrected chi connectivity index (χ1v) is 5.65. The molecule has 0 amide bonds. The van der Waals surface area contributed by atoms with E-state index >= 15 is 0 Å². The van der Waals surface area contributed by atoms with E-state index in [2.05, 4.69) is 0 Å². The monoisotopic (exact) mass is 215 g/mol. The second-order valence-corrected chi connectivity index (χ2v) is 4.19. The van der Waals surface area contributed by atoms with Crippen LogP contribution < -0.4 is 0 Å². The third-order valence-electron chi connectivity index (χ3n) is 2.85. The van der Waals surface area contributed by atoms with E-state index in [1.54, 1.807) is 13.8 Å². The van der Waals surface area contributed by atoms with Crippen molar-refractivity contribution < 1.29 is 14.6 Å². The van der Waals surface area contributed by atoms with Crippen LogP contribution in [0.2, 0.25) is 0 Å². The summed E-state index contributed by atoms with van der Waals surface area (Å²) in [6, 6.07) is 0.473. The summed E-state index contributed by atoms with van der Waals surface area (Å²) < 4.78 is 4.92. The number of carbonyl (C=O) groups excluding carboxylic acids is 1. The first-order valence-electron chi connectivity index (χ1n) is 5.65. The van der Waals surface area contributed by atoms with E-state index < -0.39 is 6.10 Å². The number of esters is 1. The average Bonchev–Trinajstić information content (AvgIpc) is 2.96. The number of ether oxygens (including phenoxy) is 1. The van der Waals surface area contributed by atoms with Crippen molar-refractivity contribution in [2.45, 2.75) is 51.8 Å². The summed E-state index contributed by atoms with van der Waals surface area (Å²) in [6.07, 6.45) is 1.83. The van der Waals surface area contributed by atoms with E-state index in [1.807, 2.05) is 11.8 Å². The summed E-state index contributed by atoms with van der Waals surface area (Å²) >= 11 is 0. The van der Waals surface area contributed by atoms with Crippen molar-refractivity contribution >= 4 is 5.97 Å². The number of rotatable bonds is 6. The maximum atomic E-state index is 11.4. The van der Waals surface area contributed by atoms with Gasteiger partial charge in [0.05, 0.1) is 19.3 Å². The van der Waals surface area contributed by atoms with Crippen LogP contribution in [0.25, 0.3) is 0 Å². The average molecular weight is 215 g/mol. The molecule has 0 heterocycles. The second kappa shape index (κ2) is 5.47. The van der Waals surface area contributed by atoms with Crippen LogP contribution >= 0.6 is 0 Å². The molecule has 1 aliphatic carbocycles. The van der Waals surface area contributed by atoms with Gasteiger partial charge in [-0.15, -0.1) is 0 Å². The van der Waals surface area contributed by atoms with Crippen LogP contribution in [0.4, 0.5) is 0 Å². The summed E-state index contributed by atoms with van der Waals surface area (Å²) in [5, 5.41) is 9.52. The minimum atomic E-state index is -0.417. The molecule has 15 heavy (non-hydrogen) atoms. The number of hydrogen-bond acceptors (Lipinski definition) is 4. The molecule has 1 fully saturated rings. The van der Waals surface area contributed by atoms with E-state index in [1.165, 1.54) is 0 Å². The topological polar surface area (TPSA) is 49.8 Å². The number of aliphatic hydroxyl groups excluding tert-OH is 1. The van der Waals surface area contributed by atoms with E-state index in [-0.39, 0.29) is 12.0 Å². The predicted octanol–water partition coefficient (Wildman–Crippen LogP) is 0.783. The number of aliphatic hydroxyl groups is 1. The molecule has 0 aliphatic heterocycles. The van der Waals surface area contributed by atoms with Crippen LogP contribution in [0.3, 0.4) is 0 Å². The third kappa shape index (κ3) is 3.80. The normalized spacial score (nSPS) is 20.1. The third-order valence-corrected chi connectivity index (χ3v) is 2.85. The summed E-state index contributed by atoms with van der Waals surface area (Å²) in [5.74, 6) is -0.197. The van der Waals surface area contributed by atoms with Crippen molar-refractivity contribution in [1.29, 1.82) is 0 Å². The summed E-state index contributed by atoms with van der Waals surface area (Å²) in [7, 11) is 0. The van der Waals surface area contributed by atoms with Crippen molar-refractivity contribution in [3.8, 4) is 0 Å². The van der Waals surface area contributed by atoms with Gasteiger partial charge in [-0.25, -0.2) is 0 Å². The van der Waals surface area contributed by atoms with Crippen LogP contribution in [0, 0.1) is 0 Å². The lowest BCUT2D eigenvalue weighted by Crippen LogP contribution is -2.44. The SMILES string of the molecule is CCOC(=O)CN(C1CC1)C(C)C(C)O. The van der Waals surface area contributed by atoms with Gasteiger partial charge >= 0.3 is 5.97 Å². The molecule has 4 nitrogen and oxygen atoms in total. The van der Waals surface area contributed by atoms with Crippen LogP contribution in [-0.4, -0.2) is 47.3 Å². The van der Waals surface area contributed by atoms with Gasteiger partial charge in [-0.05, 0) is 33.6 Å². The Bertz CT molecular complexity index is 214. The highest BCUT2D eigenvalue weighted by molar-refractivity contribution is 5.71. The van der Waals surface area contributed by atoms with Crippen molar-refractivity contribution in [2.75, 3.05) is 13.2 Å². The second-order valence-electron chi connectivity index (χ2n) is 4.19. The molecule has 0 bridgehead atoms. The number of nitrogens with zero attached hydrogens (tertiary/aromatic N) is 1. The molecular weight excluding hydrogens is 194 g/mol. The van der Waals surface area contributed by atoms with Gasteiger partial charge in [-0.2, -0.15) is 0 Å². The van der Waals surface area contributed by atoms with Crippen molar-refractivity contribution in [2.24, 2.45) is 0 Å². The minimum absolute atomic E-state index is 0.0157. The lowest BCUT2D eigenvalue weighted by atomic mass is 10.2. The fourth-order valence-electron chi connectivity index (χ4n) is 1.64. The molecule has 0 aromatic carbocycles. The summed E-state index contributed by atoms with van der Waals surface area (Å²) in [4.78, 5) is 13.4. The Labute approximate surface area is 91.2 Å². The number of carbonyl (C=O) groups is 1. The molecule has 2 atom stereocenters. The van der Waals surface area contributed by atoms with E-state index in [9.17, 15) is 9.90 Å². The first kappa shape index (κ1) is 12.5. The zero-order valence-electron chi connectivity index (χ0n) is 9.77. The van der Waals surface area contributed by atoms with Gasteiger partial charge in [0, 0.05) is 12.1 Å². The number of hydrogen-bond donors (Lipinski definition) is 1. The highest BCUT2D eigenvalue weighted by Crippen LogP contribution is 2.29. The Kier molecular flexibility index (Phi) is 4.54. The summed E-state index contributed by atoms with van der Waals surface area (Å²) in [6.45, 7) is 6.22. The van der Waals surface area contributed by atoms with Gasteiger partial charge in [0.1, 0.15) is 0 Å². The standard InChI is InChI=1S/C11H21NO3/c1-4-15-11(14)7-12(10-5-6-10)8(2)9(3)13/h8-10,13H,4-7H2,1-3H3. The molecule has 2 unspecified atom stereocenters. The van der Waals surface area contributed by atoms with Crippen LogP contribution in [0.1, 0.15) is 33.6 Å². The fraction of sp³-hybridized carbons (Fsp3) is 0.909. The van der Waals surface area contributed by atoms with Crippen molar-refractivity contribution in [1.82, 2.24) is 4.90 Å². The van der Waals surface area contributed by atoms with Gasteiger partial charge < -0.3 is 9.84 Å². The molecule has 1 rings (SSSR count). The quantitative estimate of drug-likeness (QED) is 0.665. The van der Waals surface area contributed by atoms with Crippen LogP contribution in [0.5, 0.6) is 0 Å². The van der Waals surface area contributed by atoms with Crippen LogP contribution in [0.15, 0.2) is 0 Å². The first-order chi connectivity index (χ1) is 7.06. The molecule has 0 saturated heterocycles. The lowest BCUT2D eigenvalue weighted by Gasteiger charge is -2.29. The van der Waals surface area contributed by atoms with Gasteiger partial charge in [0.25, 0.3) is 0 Å². The molecule has 0 spiro atoms. The molecule has 0 aromatic rings. The van der Waals surface area contributed by atoms with Crippen molar-refractivity contribution in [3.63, 3.8) is 0 Å². The highest BCUT2D eigenvalue weighted by atomic mass is 16.5. The lowest BCUT2D eigenvalue weighted by molar-refractivity contribution is -0.145. The van der Waals surface area contributed by atoms with E-state index in [0.29, 0.717) is 19.2 Å². The van der Waals surface area contributed by atoms with Gasteiger partial charge in [-0.1, -0.05) is 0 Å². The maximum Gasteiger partial charge on any atom is 0.320 e. The summed E-state index contributed by atoms with van der Waals surface area (Å²) in [5.41, 5.74) is 0. The largest absolute Gasteiger partial charge is 0.465 e. The molecule has 0 aromatic heterocycles. The molecule has 0 radical (unpaired) electrons. The molecule has 4 heteroatoms. The van der Waals surface area contributed by atoms with E-state index in [0.717, 1.165) is 12.8 Å². The zero-order valence-corrected chi connectivity index (χ0v) is 9.77. The molecule has 1 N–H and O–H groups in total. The Morgan fingerprint density at radius 2 is 2.13 bits per heavy atom. The smallest absolute Gasteiger partial charge is 0.320 e. The molecule has 1 saturated carbocycles. The Morgan fingerprint density at radius 3 is 2.53 bits per heavy atom. The predicted molar refractivity (Wildman–Crippen MR) is 57.5 cm³/mol. The van der Waals surface area contributed by atoms with E-state index in [4.69, 9.17) is 4.74 Å². The highest BCUT2D eigenvalue weighted by Gasteiger charge is 2.35. The molecule has 1 aliphatic rings. The Balaban J connectivity index is 2.46. The molecular formula is C11H21NO3. The molecule has 88 valence electrons. The fourth-order valence-corrected chi connectivity index (χ4v) is 1.64. The van der Waals surface area contributed by atoms with Gasteiger partial charge in [-0.3, -0.25) is 9.69 Å². The van der Waals surface area contributed by atoms with Crippen molar-refractivity contribution in [3.05, 3.63) is 0 Å². The van der Waals surface area contributed by atoms with Gasteiger partial charge in [0.2, 0.25) is 0 Å². The van der Waals surface area contributed by atoms with Gasteiger partial charge in [0.15, 0.2) is 0 Å². The Morgan fingerprint density at radius 1 is 1.53 bits per heavy atom. The maximum absolute atomic E-state index is 11.4. The Hall–Kier alpha value is -0.610. The van der Waals surface area contributed by atoms with Crippen LogP contribution in [-0.2, 0) is 9.53 Å². The minimum Gasteiger partial charge on any atom is -0.465 e. The zero-order chi connectivity index (χ0) is 11.4.